The molecular weight excluding hydrogens is 468 g/mol. The lowest BCUT2D eigenvalue weighted by molar-refractivity contribution is -0.142. The number of carbonyl (C=O) groups is 2. The van der Waals surface area contributed by atoms with Crippen molar-refractivity contribution in [2.24, 2.45) is 5.92 Å². The molecular formula is C26H29ClN4O4. The molecule has 3 aromatic rings. The van der Waals surface area contributed by atoms with E-state index in [0.29, 0.717) is 60.6 Å². The molecule has 0 bridgehead atoms. The van der Waals surface area contributed by atoms with Crippen LogP contribution in [0.2, 0.25) is 5.02 Å². The minimum atomic E-state index is -0.147. The van der Waals surface area contributed by atoms with Crippen LogP contribution < -0.4 is 4.74 Å². The van der Waals surface area contributed by atoms with Gasteiger partial charge in [0.1, 0.15) is 5.75 Å². The first-order chi connectivity index (χ1) is 17.0. The van der Waals surface area contributed by atoms with Crippen molar-refractivity contribution in [2.45, 2.75) is 32.7 Å². The number of carbonyl (C=O) groups excluding carboxylic acids is 2. The Kier molecular flexibility index (Phi) is 8.36. The van der Waals surface area contributed by atoms with Crippen molar-refractivity contribution in [1.82, 2.24) is 20.0 Å². The van der Waals surface area contributed by atoms with Gasteiger partial charge in [-0.2, -0.15) is 0 Å². The second-order valence-corrected chi connectivity index (χ2v) is 8.90. The van der Waals surface area contributed by atoms with Gasteiger partial charge in [0.05, 0.1) is 17.1 Å². The Bertz CT molecular complexity index is 1130. The zero-order chi connectivity index (χ0) is 24.6. The molecule has 1 saturated heterocycles. The molecule has 1 aromatic heterocycles. The quantitative estimate of drug-likeness (QED) is 0.435. The SMILES string of the molecule is CCCN(Cc1nnc(-c2ccccc2Cl)o1)C(=O)C1CCN(C(=O)COc2ccccc2)CC1. The van der Waals surface area contributed by atoms with Crippen molar-refractivity contribution in [2.75, 3.05) is 26.2 Å². The third kappa shape index (κ3) is 6.39. The van der Waals surface area contributed by atoms with Crippen LogP contribution in [0.3, 0.4) is 0 Å². The lowest BCUT2D eigenvalue weighted by Crippen LogP contribution is -2.45. The minimum Gasteiger partial charge on any atom is -0.484 e. The standard InChI is InChI=1S/C26H29ClN4O4/c1-2-14-31(17-23-28-29-25(35-23)21-10-6-7-11-22(21)27)26(33)19-12-15-30(16-13-19)24(32)18-34-20-8-4-3-5-9-20/h3-11,19H,2,12-18H2,1H3. The molecule has 2 amide bonds. The highest BCUT2D eigenvalue weighted by Gasteiger charge is 2.31. The maximum Gasteiger partial charge on any atom is 0.260 e. The Morgan fingerprint density at radius 1 is 1.09 bits per heavy atom. The van der Waals surface area contributed by atoms with E-state index in [9.17, 15) is 9.59 Å². The average Bonchev–Trinajstić information content (AvgIpc) is 3.36. The predicted octanol–water partition coefficient (Wildman–Crippen LogP) is 4.45. The lowest BCUT2D eigenvalue weighted by atomic mass is 9.95. The number of amides is 2. The van der Waals surface area contributed by atoms with Crippen LogP contribution in [0, 0.1) is 5.92 Å². The first-order valence-electron chi connectivity index (χ1n) is 11.9. The zero-order valence-corrected chi connectivity index (χ0v) is 20.5. The molecule has 1 aliphatic rings. The molecule has 184 valence electrons. The van der Waals surface area contributed by atoms with Crippen LogP contribution in [0.5, 0.6) is 5.75 Å². The highest BCUT2D eigenvalue weighted by molar-refractivity contribution is 6.33. The van der Waals surface area contributed by atoms with Crippen molar-refractivity contribution in [3.63, 3.8) is 0 Å². The fourth-order valence-electron chi connectivity index (χ4n) is 4.15. The summed E-state index contributed by atoms with van der Waals surface area (Å²) < 4.78 is 11.4. The third-order valence-corrected chi connectivity index (χ3v) is 6.33. The maximum atomic E-state index is 13.3. The molecule has 8 nitrogen and oxygen atoms in total. The van der Waals surface area contributed by atoms with E-state index in [1.54, 1.807) is 15.9 Å². The van der Waals surface area contributed by atoms with E-state index in [1.807, 2.05) is 55.5 Å². The van der Waals surface area contributed by atoms with E-state index < -0.39 is 0 Å². The van der Waals surface area contributed by atoms with Crippen molar-refractivity contribution in [3.05, 3.63) is 65.5 Å². The summed E-state index contributed by atoms with van der Waals surface area (Å²) in [5.74, 6) is 1.21. The van der Waals surface area contributed by atoms with Crippen LogP contribution in [0.4, 0.5) is 0 Å². The summed E-state index contributed by atoms with van der Waals surface area (Å²) in [5.41, 5.74) is 0.662. The van der Waals surface area contributed by atoms with Gasteiger partial charge in [0.25, 0.3) is 5.91 Å². The summed E-state index contributed by atoms with van der Waals surface area (Å²) in [7, 11) is 0. The molecule has 9 heteroatoms. The molecule has 1 aliphatic heterocycles. The first-order valence-corrected chi connectivity index (χ1v) is 12.2. The molecule has 0 spiro atoms. The summed E-state index contributed by atoms with van der Waals surface area (Å²) in [4.78, 5) is 29.4. The number of piperidine rings is 1. The number of halogens is 1. The van der Waals surface area contributed by atoms with Gasteiger partial charge in [0.2, 0.25) is 17.7 Å². The smallest absolute Gasteiger partial charge is 0.260 e. The van der Waals surface area contributed by atoms with E-state index in [0.717, 1.165) is 6.42 Å². The number of ether oxygens (including phenoxy) is 1. The second kappa shape index (κ2) is 11.8. The number of hydrogen-bond acceptors (Lipinski definition) is 6. The normalized spacial score (nSPS) is 14.1. The Morgan fingerprint density at radius 3 is 2.51 bits per heavy atom. The number of hydrogen-bond donors (Lipinski definition) is 0. The van der Waals surface area contributed by atoms with Gasteiger partial charge in [-0.25, -0.2) is 0 Å². The number of nitrogens with zero attached hydrogens (tertiary/aromatic N) is 4. The van der Waals surface area contributed by atoms with Gasteiger partial charge < -0.3 is 19.0 Å². The van der Waals surface area contributed by atoms with Crippen molar-refractivity contribution in [1.29, 1.82) is 0 Å². The number of benzene rings is 2. The Balaban J connectivity index is 1.31. The minimum absolute atomic E-state index is 0.00445. The monoisotopic (exact) mass is 496 g/mol. The van der Waals surface area contributed by atoms with Gasteiger partial charge in [-0.05, 0) is 43.5 Å². The molecule has 0 N–H and O–H groups in total. The fraction of sp³-hybridized carbons (Fsp3) is 0.385. The summed E-state index contributed by atoms with van der Waals surface area (Å²) in [6.07, 6.45) is 2.04. The van der Waals surface area contributed by atoms with Crippen LogP contribution in [0.15, 0.2) is 59.0 Å². The van der Waals surface area contributed by atoms with Gasteiger partial charge in [0.15, 0.2) is 6.61 Å². The van der Waals surface area contributed by atoms with Crippen molar-refractivity contribution < 1.29 is 18.7 Å². The number of rotatable bonds is 9. The largest absolute Gasteiger partial charge is 0.484 e. The molecule has 1 fully saturated rings. The van der Waals surface area contributed by atoms with Crippen LogP contribution in [0.1, 0.15) is 32.1 Å². The molecule has 0 radical (unpaired) electrons. The molecule has 2 heterocycles. The van der Waals surface area contributed by atoms with E-state index >= 15 is 0 Å². The molecule has 4 rings (SSSR count). The van der Waals surface area contributed by atoms with Crippen LogP contribution in [0.25, 0.3) is 11.5 Å². The predicted molar refractivity (Wildman–Crippen MR) is 132 cm³/mol. The molecule has 0 unspecified atom stereocenters. The summed E-state index contributed by atoms with van der Waals surface area (Å²) >= 11 is 6.23. The van der Waals surface area contributed by atoms with Crippen LogP contribution >= 0.6 is 11.6 Å². The summed E-state index contributed by atoms with van der Waals surface area (Å²) in [6, 6.07) is 16.5. The highest BCUT2D eigenvalue weighted by Crippen LogP contribution is 2.27. The third-order valence-electron chi connectivity index (χ3n) is 6.00. The van der Waals surface area contributed by atoms with Gasteiger partial charge in [-0.1, -0.05) is 48.9 Å². The van der Waals surface area contributed by atoms with Crippen LogP contribution in [-0.2, 0) is 16.1 Å². The Morgan fingerprint density at radius 2 is 1.80 bits per heavy atom. The van der Waals surface area contributed by atoms with Gasteiger partial charge in [0, 0.05) is 25.6 Å². The Hall–Kier alpha value is -3.39. The zero-order valence-electron chi connectivity index (χ0n) is 19.7. The van der Waals surface area contributed by atoms with Gasteiger partial charge in [-0.3, -0.25) is 9.59 Å². The molecule has 35 heavy (non-hydrogen) atoms. The van der Waals surface area contributed by atoms with Gasteiger partial charge in [-0.15, -0.1) is 10.2 Å². The van der Waals surface area contributed by atoms with Gasteiger partial charge >= 0.3 is 0 Å². The molecule has 2 aromatic carbocycles. The number of aromatic nitrogens is 2. The first kappa shape index (κ1) is 24.7. The summed E-state index contributed by atoms with van der Waals surface area (Å²) in [6.45, 7) is 3.92. The van der Waals surface area contributed by atoms with Crippen LogP contribution in [-0.4, -0.2) is 58.1 Å². The second-order valence-electron chi connectivity index (χ2n) is 8.50. The van der Waals surface area contributed by atoms with E-state index in [4.69, 9.17) is 20.8 Å². The topological polar surface area (TPSA) is 88.8 Å². The number of likely N-dealkylation sites (tertiary alicyclic amines) is 1. The highest BCUT2D eigenvalue weighted by atomic mass is 35.5. The maximum absolute atomic E-state index is 13.3. The van der Waals surface area contributed by atoms with E-state index in [-0.39, 0.29) is 30.9 Å². The van der Waals surface area contributed by atoms with Crippen molar-refractivity contribution in [3.8, 4) is 17.2 Å². The number of para-hydroxylation sites is 1. The van der Waals surface area contributed by atoms with E-state index in [1.165, 1.54) is 0 Å². The lowest BCUT2D eigenvalue weighted by Gasteiger charge is -2.34. The van der Waals surface area contributed by atoms with Crippen molar-refractivity contribution >= 4 is 23.4 Å². The Labute approximate surface area is 209 Å². The molecule has 0 atom stereocenters. The summed E-state index contributed by atoms with van der Waals surface area (Å²) in [5, 5.41) is 8.76. The fourth-order valence-corrected chi connectivity index (χ4v) is 4.37. The molecule has 0 aliphatic carbocycles. The average molecular weight is 497 g/mol. The van der Waals surface area contributed by atoms with E-state index in [2.05, 4.69) is 10.2 Å². The molecule has 0 saturated carbocycles.